The molecule has 1 unspecified atom stereocenters. The van der Waals surface area contributed by atoms with Gasteiger partial charge in [0, 0.05) is 12.1 Å². The lowest BCUT2D eigenvalue weighted by Gasteiger charge is -2.32. The van der Waals surface area contributed by atoms with Gasteiger partial charge in [0.2, 0.25) is 11.8 Å². The van der Waals surface area contributed by atoms with Crippen molar-refractivity contribution in [2.75, 3.05) is 19.5 Å². The molecule has 7 nitrogen and oxygen atoms in total. The maximum absolute atomic E-state index is 13.2. The Balaban J connectivity index is 1.58. The van der Waals surface area contributed by atoms with E-state index in [1.165, 1.54) is 36.0 Å². The Morgan fingerprint density at radius 3 is 2.20 bits per heavy atom. The third-order valence-electron chi connectivity index (χ3n) is 5.34. The van der Waals surface area contributed by atoms with E-state index >= 15 is 0 Å². The van der Waals surface area contributed by atoms with Gasteiger partial charge in [-0.3, -0.25) is 14.5 Å². The summed E-state index contributed by atoms with van der Waals surface area (Å²) in [6.45, 7) is 0.303. The second-order valence-corrected chi connectivity index (χ2v) is 8.90. The molecule has 1 aliphatic rings. The maximum Gasteiger partial charge on any atom is 0.238 e. The molecule has 1 fully saturated rings. The number of benzene rings is 3. The van der Waals surface area contributed by atoms with Crippen LogP contribution in [0, 0.1) is 5.82 Å². The van der Waals surface area contributed by atoms with Gasteiger partial charge in [-0.2, -0.15) is 0 Å². The van der Waals surface area contributed by atoms with E-state index in [1.807, 2.05) is 24.3 Å². The van der Waals surface area contributed by atoms with Crippen molar-refractivity contribution < 1.29 is 23.5 Å². The van der Waals surface area contributed by atoms with Crippen molar-refractivity contribution in [2.24, 2.45) is 4.99 Å². The zero-order chi connectivity index (χ0) is 24.8. The summed E-state index contributed by atoms with van der Waals surface area (Å²) in [7, 11) is 3.17. The lowest BCUT2D eigenvalue weighted by atomic mass is 10.2. The largest absolute Gasteiger partial charge is 0.497 e. The molecule has 0 aliphatic carbocycles. The number of carbonyl (C=O) groups is 2. The SMILES string of the molecule is COc1ccc(CN2C(=O)CC(C(=O)Nc3ccc(F)cc3)SC2=Nc2ccc(OC)cc2)cc1. The summed E-state index contributed by atoms with van der Waals surface area (Å²) in [5.74, 6) is 0.451. The first-order chi connectivity index (χ1) is 16.9. The van der Waals surface area contributed by atoms with Gasteiger partial charge in [-0.05, 0) is 66.2 Å². The first-order valence-corrected chi connectivity index (χ1v) is 11.7. The highest BCUT2D eigenvalue weighted by molar-refractivity contribution is 8.15. The number of nitrogens with one attached hydrogen (secondary N) is 1. The number of aliphatic imine (C=N–C) groups is 1. The van der Waals surface area contributed by atoms with Crippen LogP contribution in [0.15, 0.2) is 77.8 Å². The first kappa shape index (κ1) is 24.3. The monoisotopic (exact) mass is 493 g/mol. The van der Waals surface area contributed by atoms with Crippen molar-refractivity contribution in [2.45, 2.75) is 18.2 Å². The number of rotatable bonds is 7. The van der Waals surface area contributed by atoms with Crippen LogP contribution in [0.5, 0.6) is 11.5 Å². The second kappa shape index (κ2) is 11.1. The smallest absolute Gasteiger partial charge is 0.238 e. The van der Waals surface area contributed by atoms with Gasteiger partial charge in [0.15, 0.2) is 5.17 Å². The Bertz CT molecular complexity index is 1210. The molecule has 9 heteroatoms. The molecule has 1 N–H and O–H groups in total. The van der Waals surface area contributed by atoms with Crippen LogP contribution in [0.3, 0.4) is 0 Å². The zero-order valence-electron chi connectivity index (χ0n) is 19.2. The lowest BCUT2D eigenvalue weighted by molar-refractivity contribution is -0.129. The van der Waals surface area contributed by atoms with Crippen LogP contribution in [0.4, 0.5) is 15.8 Å². The topological polar surface area (TPSA) is 80.2 Å². The summed E-state index contributed by atoms with van der Waals surface area (Å²) in [4.78, 5) is 32.4. The molecule has 0 radical (unpaired) electrons. The molecule has 1 saturated heterocycles. The number of carbonyl (C=O) groups excluding carboxylic acids is 2. The number of amides is 2. The number of thioether (sulfide) groups is 1. The van der Waals surface area contributed by atoms with Gasteiger partial charge in [0.1, 0.15) is 22.6 Å². The molecule has 1 heterocycles. The molecular weight excluding hydrogens is 469 g/mol. The molecule has 1 aliphatic heterocycles. The first-order valence-electron chi connectivity index (χ1n) is 10.8. The van der Waals surface area contributed by atoms with E-state index in [1.54, 1.807) is 43.4 Å². The third kappa shape index (κ3) is 6.19. The van der Waals surface area contributed by atoms with Crippen LogP contribution in [0.2, 0.25) is 0 Å². The van der Waals surface area contributed by atoms with E-state index < -0.39 is 11.1 Å². The summed E-state index contributed by atoms with van der Waals surface area (Å²) in [6.07, 6.45) is 0.00941. The Kier molecular flexibility index (Phi) is 7.67. The standard InChI is InChI=1S/C26H24FN3O4S/c1-33-21-11-3-17(4-12-21)16-30-24(31)15-23(25(32)28-19-7-5-18(27)6-8-19)35-26(30)29-20-9-13-22(34-2)14-10-20/h3-14,23H,15-16H2,1-2H3,(H,28,32). The van der Waals surface area contributed by atoms with Crippen LogP contribution in [0.25, 0.3) is 0 Å². The van der Waals surface area contributed by atoms with Crippen LogP contribution < -0.4 is 14.8 Å². The molecule has 3 aromatic rings. The molecule has 2 amide bonds. The molecule has 4 rings (SSSR count). The van der Waals surface area contributed by atoms with Gasteiger partial charge in [-0.25, -0.2) is 9.38 Å². The van der Waals surface area contributed by atoms with Crippen molar-refractivity contribution in [1.29, 1.82) is 0 Å². The molecule has 180 valence electrons. The number of ether oxygens (including phenoxy) is 2. The zero-order valence-corrected chi connectivity index (χ0v) is 20.0. The number of hydrogen-bond acceptors (Lipinski definition) is 6. The van der Waals surface area contributed by atoms with Crippen molar-refractivity contribution in [1.82, 2.24) is 4.90 Å². The van der Waals surface area contributed by atoms with E-state index in [2.05, 4.69) is 10.3 Å². The fraction of sp³-hybridized carbons (Fsp3) is 0.192. The highest BCUT2D eigenvalue weighted by atomic mass is 32.2. The molecule has 0 spiro atoms. The highest BCUT2D eigenvalue weighted by Crippen LogP contribution is 2.31. The van der Waals surface area contributed by atoms with E-state index in [0.29, 0.717) is 28.8 Å². The van der Waals surface area contributed by atoms with Crippen molar-refractivity contribution in [3.63, 3.8) is 0 Å². The molecular formula is C26H24FN3O4S. The molecule has 3 aromatic carbocycles. The summed E-state index contributed by atoms with van der Waals surface area (Å²) >= 11 is 1.22. The summed E-state index contributed by atoms with van der Waals surface area (Å²) in [5, 5.41) is 2.49. The Labute approximate surface area is 207 Å². The van der Waals surface area contributed by atoms with Crippen LogP contribution >= 0.6 is 11.8 Å². The van der Waals surface area contributed by atoms with E-state index in [0.717, 1.165) is 11.3 Å². The number of amidine groups is 1. The third-order valence-corrected chi connectivity index (χ3v) is 6.53. The summed E-state index contributed by atoms with van der Waals surface area (Å²) < 4.78 is 23.6. The minimum atomic E-state index is -0.684. The fourth-order valence-electron chi connectivity index (χ4n) is 3.43. The molecule has 0 bridgehead atoms. The Hall–Kier alpha value is -3.85. The summed E-state index contributed by atoms with van der Waals surface area (Å²) in [5.41, 5.74) is 1.98. The number of halogens is 1. The number of methoxy groups -OCH3 is 2. The van der Waals surface area contributed by atoms with Crippen molar-refractivity contribution >= 4 is 40.1 Å². The molecule has 0 saturated carbocycles. The van der Waals surface area contributed by atoms with Gasteiger partial charge in [-0.1, -0.05) is 23.9 Å². The molecule has 1 atom stereocenters. The van der Waals surface area contributed by atoms with Gasteiger partial charge < -0.3 is 14.8 Å². The predicted molar refractivity (Wildman–Crippen MR) is 135 cm³/mol. The van der Waals surface area contributed by atoms with E-state index in [4.69, 9.17) is 9.47 Å². The fourth-order valence-corrected chi connectivity index (χ4v) is 4.53. The van der Waals surface area contributed by atoms with Crippen molar-refractivity contribution in [3.8, 4) is 11.5 Å². The lowest BCUT2D eigenvalue weighted by Crippen LogP contribution is -2.44. The average Bonchev–Trinajstić information content (AvgIpc) is 2.88. The van der Waals surface area contributed by atoms with Gasteiger partial charge in [0.25, 0.3) is 0 Å². The average molecular weight is 494 g/mol. The van der Waals surface area contributed by atoms with E-state index in [-0.39, 0.29) is 18.2 Å². The number of hydrogen-bond donors (Lipinski definition) is 1. The van der Waals surface area contributed by atoms with Crippen molar-refractivity contribution in [3.05, 3.63) is 84.2 Å². The normalized spacial score (nSPS) is 16.8. The van der Waals surface area contributed by atoms with Crippen LogP contribution in [-0.4, -0.2) is 41.4 Å². The van der Waals surface area contributed by atoms with Crippen LogP contribution in [0.1, 0.15) is 12.0 Å². The molecule has 35 heavy (non-hydrogen) atoms. The quantitative estimate of drug-likeness (QED) is 0.501. The van der Waals surface area contributed by atoms with E-state index in [9.17, 15) is 14.0 Å². The Morgan fingerprint density at radius 2 is 1.60 bits per heavy atom. The van der Waals surface area contributed by atoms with Gasteiger partial charge >= 0.3 is 0 Å². The summed E-state index contributed by atoms with van der Waals surface area (Å²) in [6, 6.07) is 20.0. The number of nitrogens with zero attached hydrogens (tertiary/aromatic N) is 2. The highest BCUT2D eigenvalue weighted by Gasteiger charge is 2.36. The Morgan fingerprint density at radius 1 is 1.00 bits per heavy atom. The second-order valence-electron chi connectivity index (χ2n) is 7.73. The minimum Gasteiger partial charge on any atom is -0.497 e. The van der Waals surface area contributed by atoms with Gasteiger partial charge in [-0.15, -0.1) is 0 Å². The number of anilines is 1. The van der Waals surface area contributed by atoms with Crippen LogP contribution in [-0.2, 0) is 16.1 Å². The molecule has 0 aromatic heterocycles. The van der Waals surface area contributed by atoms with Gasteiger partial charge in [0.05, 0.1) is 26.5 Å². The maximum atomic E-state index is 13.2. The minimum absolute atomic E-state index is 0.00941. The predicted octanol–water partition coefficient (Wildman–Crippen LogP) is 5.00.